The Kier molecular flexibility index (Phi) is 4.72. The molecule has 3 nitrogen and oxygen atoms in total. The van der Waals surface area contributed by atoms with Gasteiger partial charge in [0.2, 0.25) is 0 Å². The van der Waals surface area contributed by atoms with Crippen LogP contribution in [-0.4, -0.2) is 41.0 Å². The highest BCUT2D eigenvalue weighted by atomic mass is 32.2. The van der Waals surface area contributed by atoms with E-state index in [1.165, 1.54) is 11.5 Å². The fourth-order valence-corrected chi connectivity index (χ4v) is 3.07. The van der Waals surface area contributed by atoms with Gasteiger partial charge in [0.1, 0.15) is 24.7 Å². The van der Waals surface area contributed by atoms with Gasteiger partial charge in [-0.1, -0.05) is 0 Å². The van der Waals surface area contributed by atoms with Crippen LogP contribution in [-0.2, 0) is 0 Å². The predicted octanol–water partition coefficient (Wildman–Crippen LogP) is 3.91. The highest BCUT2D eigenvalue weighted by molar-refractivity contribution is 8.07. The van der Waals surface area contributed by atoms with Crippen LogP contribution in [0.25, 0.3) is 0 Å². The average molecular weight is 358 g/mol. The minimum absolute atomic E-state index is 0.0172. The molecule has 0 spiro atoms. The topological polar surface area (TPSA) is 35.5 Å². The summed E-state index contributed by atoms with van der Waals surface area (Å²) in [7, 11) is 0. The monoisotopic (exact) mass is 358 g/mol. The molecule has 4 rings (SSSR count). The molecule has 2 saturated heterocycles. The maximum absolute atomic E-state index is 12.5. The van der Waals surface area contributed by atoms with Crippen molar-refractivity contribution in [1.82, 2.24) is 0 Å². The molecule has 2 aliphatic heterocycles. The predicted molar refractivity (Wildman–Crippen MR) is 99.8 cm³/mol. The number of hydrogen-bond acceptors (Lipinski definition) is 5. The summed E-state index contributed by atoms with van der Waals surface area (Å²) >= 11 is 3.82. The van der Waals surface area contributed by atoms with Gasteiger partial charge in [-0.15, -0.1) is 0 Å². The number of thioether (sulfide) groups is 2. The van der Waals surface area contributed by atoms with Gasteiger partial charge in [0.05, 0.1) is 0 Å². The zero-order chi connectivity index (χ0) is 16.4. The summed E-state index contributed by atoms with van der Waals surface area (Å²) in [6, 6.07) is 14.8. The van der Waals surface area contributed by atoms with Crippen LogP contribution in [0.4, 0.5) is 0 Å². The molecule has 2 aliphatic rings. The molecule has 124 valence electrons. The second-order valence-electron chi connectivity index (χ2n) is 5.91. The standard InChI is InChI=1S/C19H18O3S2/c20-19(13-1-5-15(6-2-13)21-9-17-11-23-17)14-3-7-16(8-4-14)22-10-18-12-24-18/h1-8,17-18H,9-12H2. The van der Waals surface area contributed by atoms with Crippen molar-refractivity contribution in [2.75, 3.05) is 24.7 Å². The van der Waals surface area contributed by atoms with Crippen LogP contribution in [0.1, 0.15) is 15.9 Å². The van der Waals surface area contributed by atoms with Crippen molar-refractivity contribution in [2.45, 2.75) is 10.5 Å². The van der Waals surface area contributed by atoms with E-state index in [9.17, 15) is 4.79 Å². The smallest absolute Gasteiger partial charge is 0.193 e. The van der Waals surface area contributed by atoms with Gasteiger partial charge >= 0.3 is 0 Å². The molecule has 2 fully saturated rings. The Morgan fingerprint density at radius 2 is 1.17 bits per heavy atom. The molecule has 0 bridgehead atoms. The first-order valence-corrected chi connectivity index (χ1v) is 10.1. The third kappa shape index (κ3) is 4.28. The SMILES string of the molecule is O=C(c1ccc(OCC2CS2)cc1)c1ccc(OCC2CS2)cc1. The maximum Gasteiger partial charge on any atom is 0.193 e. The molecule has 2 aromatic carbocycles. The second-order valence-corrected chi connectivity index (χ2v) is 8.58. The van der Waals surface area contributed by atoms with Gasteiger partial charge in [-0.2, -0.15) is 23.5 Å². The summed E-state index contributed by atoms with van der Waals surface area (Å²) in [6.07, 6.45) is 0. The van der Waals surface area contributed by atoms with Gasteiger partial charge in [-0.25, -0.2) is 0 Å². The van der Waals surface area contributed by atoms with E-state index in [1.54, 1.807) is 0 Å². The molecule has 2 heterocycles. The Labute approximate surface area is 150 Å². The minimum atomic E-state index is 0.0172. The summed E-state index contributed by atoms with van der Waals surface area (Å²) in [4.78, 5) is 12.5. The minimum Gasteiger partial charge on any atom is -0.492 e. The highest BCUT2D eigenvalue weighted by Gasteiger charge is 2.23. The van der Waals surface area contributed by atoms with Crippen molar-refractivity contribution in [3.05, 3.63) is 59.7 Å². The average Bonchev–Trinajstić information content (AvgIpc) is 3.53. The number of carbonyl (C=O) groups excluding carboxylic acids is 1. The van der Waals surface area contributed by atoms with E-state index in [0.717, 1.165) is 24.7 Å². The molecule has 2 atom stereocenters. The number of ketones is 1. The normalized spacial score (nSPS) is 21.2. The van der Waals surface area contributed by atoms with E-state index < -0.39 is 0 Å². The lowest BCUT2D eigenvalue weighted by atomic mass is 10.0. The second kappa shape index (κ2) is 7.11. The Morgan fingerprint density at radius 3 is 1.50 bits per heavy atom. The van der Waals surface area contributed by atoms with Crippen molar-refractivity contribution in [3.8, 4) is 11.5 Å². The van der Waals surface area contributed by atoms with Crippen molar-refractivity contribution in [3.63, 3.8) is 0 Å². The lowest BCUT2D eigenvalue weighted by molar-refractivity contribution is 0.103. The summed E-state index contributed by atoms with van der Waals surface area (Å²) in [5.41, 5.74) is 1.34. The first-order valence-electron chi connectivity index (χ1n) is 8.01. The quantitative estimate of drug-likeness (QED) is 0.528. The molecule has 2 aromatic rings. The highest BCUT2D eigenvalue weighted by Crippen LogP contribution is 2.31. The number of benzene rings is 2. The van der Waals surface area contributed by atoms with E-state index in [0.29, 0.717) is 21.6 Å². The van der Waals surface area contributed by atoms with Crippen molar-refractivity contribution in [1.29, 1.82) is 0 Å². The van der Waals surface area contributed by atoms with Crippen LogP contribution in [0.2, 0.25) is 0 Å². The fraction of sp³-hybridized carbons (Fsp3) is 0.316. The zero-order valence-electron chi connectivity index (χ0n) is 13.1. The van der Waals surface area contributed by atoms with Gasteiger partial charge in [0.15, 0.2) is 5.78 Å². The molecule has 0 N–H and O–H groups in total. The Morgan fingerprint density at radius 1 is 0.792 bits per heavy atom. The molecular weight excluding hydrogens is 340 g/mol. The summed E-state index contributed by atoms with van der Waals surface area (Å²) < 4.78 is 11.4. The van der Waals surface area contributed by atoms with Gasteiger partial charge in [-0.3, -0.25) is 4.79 Å². The molecule has 0 radical (unpaired) electrons. The first kappa shape index (κ1) is 15.9. The number of carbonyl (C=O) groups is 1. The van der Waals surface area contributed by atoms with Crippen molar-refractivity contribution < 1.29 is 14.3 Å². The fourth-order valence-electron chi connectivity index (χ4n) is 2.28. The molecule has 0 saturated carbocycles. The summed E-state index contributed by atoms with van der Waals surface area (Å²) in [5.74, 6) is 4.04. The Balaban J connectivity index is 1.36. The molecule has 24 heavy (non-hydrogen) atoms. The van der Waals surface area contributed by atoms with Crippen molar-refractivity contribution in [2.24, 2.45) is 0 Å². The van der Waals surface area contributed by atoms with Gasteiger partial charge in [0, 0.05) is 33.1 Å². The van der Waals surface area contributed by atoms with Crippen LogP contribution in [0.3, 0.4) is 0 Å². The zero-order valence-corrected chi connectivity index (χ0v) is 14.8. The molecule has 2 unspecified atom stereocenters. The summed E-state index contributed by atoms with van der Waals surface area (Å²) in [6.45, 7) is 1.50. The van der Waals surface area contributed by atoms with Crippen molar-refractivity contribution >= 4 is 29.3 Å². The molecule has 0 amide bonds. The number of rotatable bonds is 8. The van der Waals surface area contributed by atoms with Gasteiger partial charge in [0.25, 0.3) is 0 Å². The molecule has 5 heteroatoms. The van der Waals surface area contributed by atoms with Crippen LogP contribution in [0, 0.1) is 0 Å². The van der Waals surface area contributed by atoms with E-state index >= 15 is 0 Å². The van der Waals surface area contributed by atoms with Crippen LogP contribution in [0.5, 0.6) is 11.5 Å². The van der Waals surface area contributed by atoms with Gasteiger partial charge in [-0.05, 0) is 48.5 Å². The van der Waals surface area contributed by atoms with E-state index in [4.69, 9.17) is 9.47 Å². The van der Waals surface area contributed by atoms with E-state index in [1.807, 2.05) is 72.1 Å². The number of hydrogen-bond donors (Lipinski definition) is 0. The molecule has 0 aliphatic carbocycles. The largest absolute Gasteiger partial charge is 0.492 e. The molecular formula is C19H18O3S2. The number of ether oxygens (including phenoxy) is 2. The van der Waals surface area contributed by atoms with Crippen LogP contribution < -0.4 is 9.47 Å². The third-order valence-electron chi connectivity index (χ3n) is 3.91. The molecule has 0 aromatic heterocycles. The van der Waals surface area contributed by atoms with E-state index in [-0.39, 0.29) is 5.78 Å². The Bertz CT molecular complexity index is 643. The maximum atomic E-state index is 12.5. The third-order valence-corrected chi connectivity index (χ3v) is 5.79. The lowest BCUT2D eigenvalue weighted by Gasteiger charge is -2.07. The lowest BCUT2D eigenvalue weighted by Crippen LogP contribution is -2.05. The summed E-state index contributed by atoms with van der Waals surface area (Å²) in [5, 5.41) is 1.29. The Hall–Kier alpha value is -1.59. The van der Waals surface area contributed by atoms with Crippen LogP contribution >= 0.6 is 23.5 Å². The van der Waals surface area contributed by atoms with Crippen LogP contribution in [0.15, 0.2) is 48.5 Å². The van der Waals surface area contributed by atoms with Gasteiger partial charge < -0.3 is 9.47 Å². The first-order chi connectivity index (χ1) is 11.8. The van der Waals surface area contributed by atoms with E-state index in [2.05, 4.69) is 0 Å².